The van der Waals surface area contributed by atoms with Gasteiger partial charge in [-0.05, 0) is 63.1 Å². The molecule has 1 amide bonds. The van der Waals surface area contributed by atoms with E-state index in [-0.39, 0.29) is 11.9 Å². The van der Waals surface area contributed by atoms with E-state index in [4.69, 9.17) is 16.5 Å². The molecule has 7 heteroatoms. The fraction of sp³-hybridized carbons (Fsp3) is 0.550. The highest BCUT2D eigenvalue weighted by Crippen LogP contribution is 2.39. The van der Waals surface area contributed by atoms with Gasteiger partial charge in [0.1, 0.15) is 5.66 Å². The summed E-state index contributed by atoms with van der Waals surface area (Å²) < 4.78 is 0. The molecule has 1 spiro atoms. The van der Waals surface area contributed by atoms with Crippen LogP contribution in [0.4, 0.5) is 5.69 Å². The zero-order valence-corrected chi connectivity index (χ0v) is 15.7. The maximum absolute atomic E-state index is 12.9. The fourth-order valence-electron chi connectivity index (χ4n) is 4.55. The van der Waals surface area contributed by atoms with Crippen molar-refractivity contribution in [2.75, 3.05) is 18.0 Å². The van der Waals surface area contributed by atoms with Gasteiger partial charge in [0.05, 0.1) is 0 Å². The molecule has 1 aliphatic carbocycles. The number of rotatable bonds is 2. The predicted molar refractivity (Wildman–Crippen MR) is 108 cm³/mol. The van der Waals surface area contributed by atoms with E-state index in [1.54, 1.807) is 0 Å². The highest BCUT2D eigenvalue weighted by atomic mass is 16.2. The summed E-state index contributed by atoms with van der Waals surface area (Å²) in [6.45, 7) is 1.67. The lowest BCUT2D eigenvalue weighted by Crippen LogP contribution is -2.58. The number of guanidine groups is 2. The van der Waals surface area contributed by atoms with Crippen molar-refractivity contribution < 1.29 is 4.79 Å². The first-order valence-electron chi connectivity index (χ1n) is 9.98. The van der Waals surface area contributed by atoms with Crippen LogP contribution in [0.15, 0.2) is 34.3 Å². The number of hydrogen-bond donors (Lipinski definition) is 2. The second kappa shape index (κ2) is 7.21. The maximum atomic E-state index is 12.9. The summed E-state index contributed by atoms with van der Waals surface area (Å²) in [5, 5.41) is 0. The number of hydrogen-bond acceptors (Lipinski definition) is 6. The first kappa shape index (κ1) is 17.8. The van der Waals surface area contributed by atoms with Gasteiger partial charge in [-0.2, -0.15) is 4.99 Å². The predicted octanol–water partition coefficient (Wildman–Crippen LogP) is 2.42. The van der Waals surface area contributed by atoms with E-state index in [0.29, 0.717) is 11.5 Å². The lowest BCUT2D eigenvalue weighted by Gasteiger charge is -2.45. The first-order valence-corrected chi connectivity index (χ1v) is 9.98. The number of aliphatic imine (C=N–C) groups is 2. The number of anilines is 1. The molecule has 7 nitrogen and oxygen atoms in total. The Balaban J connectivity index is 1.67. The summed E-state index contributed by atoms with van der Waals surface area (Å²) in [5.41, 5.74) is 13.3. The van der Waals surface area contributed by atoms with Gasteiger partial charge in [-0.15, -0.1) is 0 Å². The van der Waals surface area contributed by atoms with Gasteiger partial charge in [-0.25, -0.2) is 4.99 Å². The SMILES string of the molecule is NC1=NC2(CCCCC2)N(c2cccc(C(=O)N3CCCCC3)c2)C(N)=N1. The van der Waals surface area contributed by atoms with E-state index in [2.05, 4.69) is 4.99 Å². The minimum absolute atomic E-state index is 0.0878. The van der Waals surface area contributed by atoms with Crippen molar-refractivity contribution in [1.29, 1.82) is 0 Å². The Kier molecular flexibility index (Phi) is 4.76. The molecule has 4 rings (SSSR count). The molecule has 0 unspecified atom stereocenters. The number of benzene rings is 1. The van der Waals surface area contributed by atoms with Crippen molar-refractivity contribution in [2.45, 2.75) is 57.0 Å². The molecule has 144 valence electrons. The fourth-order valence-corrected chi connectivity index (χ4v) is 4.55. The lowest BCUT2D eigenvalue weighted by atomic mass is 9.87. The Hall–Kier alpha value is -2.57. The normalized spacial score (nSPS) is 22.4. The van der Waals surface area contributed by atoms with E-state index < -0.39 is 5.66 Å². The van der Waals surface area contributed by atoms with Crippen LogP contribution in [0.5, 0.6) is 0 Å². The number of carbonyl (C=O) groups excluding carboxylic acids is 1. The van der Waals surface area contributed by atoms with Crippen molar-refractivity contribution in [1.82, 2.24) is 4.90 Å². The molecule has 27 heavy (non-hydrogen) atoms. The molecule has 1 aromatic rings. The van der Waals surface area contributed by atoms with Crippen LogP contribution in [0.25, 0.3) is 0 Å². The highest BCUT2D eigenvalue weighted by Gasteiger charge is 2.42. The van der Waals surface area contributed by atoms with Crippen LogP contribution < -0.4 is 16.4 Å². The van der Waals surface area contributed by atoms with E-state index in [0.717, 1.165) is 57.3 Å². The van der Waals surface area contributed by atoms with E-state index in [1.165, 1.54) is 12.8 Å². The smallest absolute Gasteiger partial charge is 0.253 e. The number of piperidine rings is 1. The van der Waals surface area contributed by atoms with Gasteiger partial charge in [-0.3, -0.25) is 9.69 Å². The van der Waals surface area contributed by atoms with Gasteiger partial charge < -0.3 is 16.4 Å². The van der Waals surface area contributed by atoms with Crippen LogP contribution in [0.2, 0.25) is 0 Å². The van der Waals surface area contributed by atoms with Crippen molar-refractivity contribution in [3.05, 3.63) is 29.8 Å². The largest absolute Gasteiger partial charge is 0.369 e. The van der Waals surface area contributed by atoms with Crippen LogP contribution in [0.3, 0.4) is 0 Å². The summed E-state index contributed by atoms with van der Waals surface area (Å²) in [6.07, 6.45) is 8.47. The third kappa shape index (κ3) is 3.38. The van der Waals surface area contributed by atoms with Crippen molar-refractivity contribution in [3.63, 3.8) is 0 Å². The average molecular weight is 368 g/mol. The Morgan fingerprint density at radius 2 is 1.70 bits per heavy atom. The second-order valence-corrected chi connectivity index (χ2v) is 7.72. The first-order chi connectivity index (χ1) is 13.1. The van der Waals surface area contributed by atoms with Gasteiger partial charge in [-0.1, -0.05) is 12.5 Å². The summed E-state index contributed by atoms with van der Waals surface area (Å²) in [6, 6.07) is 7.69. The Bertz CT molecular complexity index is 774. The van der Waals surface area contributed by atoms with Crippen LogP contribution in [-0.4, -0.2) is 41.5 Å². The van der Waals surface area contributed by atoms with E-state index in [1.807, 2.05) is 34.1 Å². The van der Waals surface area contributed by atoms with Crippen LogP contribution in [0, 0.1) is 0 Å². The summed E-state index contributed by atoms with van der Waals surface area (Å²) in [5.74, 6) is 0.683. The highest BCUT2D eigenvalue weighted by molar-refractivity contribution is 6.06. The molecule has 2 aliphatic heterocycles. The summed E-state index contributed by atoms with van der Waals surface area (Å²) >= 11 is 0. The number of amides is 1. The van der Waals surface area contributed by atoms with Crippen LogP contribution in [-0.2, 0) is 0 Å². The Labute approximate surface area is 160 Å². The topological polar surface area (TPSA) is 100 Å². The molecule has 0 radical (unpaired) electrons. The quantitative estimate of drug-likeness (QED) is 0.837. The standard InChI is InChI=1S/C20H28N6O/c21-18-23-19(22)26(20(24-18)10-3-1-4-11-20)16-9-7-8-15(14-16)17(27)25-12-5-2-6-13-25/h7-9,14H,1-6,10-13H2,(H4,21,22,23,24). The summed E-state index contributed by atoms with van der Waals surface area (Å²) in [7, 11) is 0. The van der Waals surface area contributed by atoms with Gasteiger partial charge in [0.2, 0.25) is 11.9 Å². The molecule has 1 saturated carbocycles. The number of nitrogens with zero attached hydrogens (tertiary/aromatic N) is 4. The Morgan fingerprint density at radius 1 is 1.00 bits per heavy atom. The van der Waals surface area contributed by atoms with Crippen molar-refractivity contribution in [2.24, 2.45) is 21.5 Å². The number of nitrogens with two attached hydrogens (primary N) is 2. The number of carbonyl (C=O) groups is 1. The molecule has 0 bridgehead atoms. The molecule has 4 N–H and O–H groups in total. The molecule has 1 saturated heterocycles. The second-order valence-electron chi connectivity index (χ2n) is 7.72. The van der Waals surface area contributed by atoms with E-state index in [9.17, 15) is 4.79 Å². The van der Waals surface area contributed by atoms with Gasteiger partial charge >= 0.3 is 0 Å². The monoisotopic (exact) mass is 368 g/mol. The summed E-state index contributed by atoms with van der Waals surface area (Å²) in [4.78, 5) is 25.8. The van der Waals surface area contributed by atoms with Crippen LogP contribution >= 0.6 is 0 Å². The van der Waals surface area contributed by atoms with Gasteiger partial charge in [0, 0.05) is 24.3 Å². The zero-order chi connectivity index (χ0) is 18.9. The van der Waals surface area contributed by atoms with Gasteiger partial charge in [0.15, 0.2) is 0 Å². The van der Waals surface area contributed by atoms with Gasteiger partial charge in [0.25, 0.3) is 5.91 Å². The van der Waals surface area contributed by atoms with Crippen molar-refractivity contribution in [3.8, 4) is 0 Å². The maximum Gasteiger partial charge on any atom is 0.253 e. The molecule has 2 fully saturated rings. The Morgan fingerprint density at radius 3 is 2.44 bits per heavy atom. The molecular formula is C20H28N6O. The van der Waals surface area contributed by atoms with E-state index >= 15 is 0 Å². The molecule has 1 aromatic carbocycles. The third-order valence-electron chi connectivity index (χ3n) is 5.85. The third-order valence-corrected chi connectivity index (χ3v) is 5.85. The minimum Gasteiger partial charge on any atom is -0.369 e. The number of likely N-dealkylation sites (tertiary alicyclic amines) is 1. The molecule has 3 aliphatic rings. The molecule has 0 atom stereocenters. The zero-order valence-electron chi connectivity index (χ0n) is 15.7. The molecular weight excluding hydrogens is 340 g/mol. The minimum atomic E-state index is -0.485. The lowest BCUT2D eigenvalue weighted by molar-refractivity contribution is 0.0724. The molecule has 0 aromatic heterocycles. The van der Waals surface area contributed by atoms with Crippen molar-refractivity contribution >= 4 is 23.5 Å². The van der Waals surface area contributed by atoms with Crippen LogP contribution in [0.1, 0.15) is 61.7 Å². The molecule has 2 heterocycles. The average Bonchev–Trinajstić information content (AvgIpc) is 2.68.